The lowest BCUT2D eigenvalue weighted by molar-refractivity contribution is 0.348. The zero-order valence-corrected chi connectivity index (χ0v) is 15.7. The monoisotopic (exact) mass is 380 g/mol. The Morgan fingerprint density at radius 3 is 1.76 bits per heavy atom. The minimum absolute atomic E-state index is 0.0206. The largest absolute Gasteiger partial charge is 0.297 e. The highest BCUT2D eigenvalue weighted by atomic mass is 32.2. The highest BCUT2D eigenvalue weighted by molar-refractivity contribution is 7.91. The van der Waals surface area contributed by atoms with Gasteiger partial charge < -0.3 is 0 Å². The normalized spacial score (nSPS) is 12.1. The number of sulfone groups is 1. The van der Waals surface area contributed by atoms with Crippen LogP contribution in [0.15, 0.2) is 70.5 Å². The molecule has 0 aliphatic heterocycles. The van der Waals surface area contributed by atoms with E-state index in [1.54, 1.807) is 24.3 Å². The van der Waals surface area contributed by atoms with Crippen LogP contribution in [0.3, 0.4) is 0 Å². The zero-order chi connectivity index (χ0) is 18.7. The number of rotatable bonds is 7. The molecule has 7 heteroatoms. The molecule has 0 aliphatic carbocycles. The number of benzene rings is 2. The van der Waals surface area contributed by atoms with Gasteiger partial charge in [-0.2, -0.15) is 8.42 Å². The summed E-state index contributed by atoms with van der Waals surface area (Å²) in [6.07, 6.45) is 0. The molecule has 0 amide bonds. The quantitative estimate of drug-likeness (QED) is 0.545. The first-order valence-electron chi connectivity index (χ1n) is 7.52. The van der Waals surface area contributed by atoms with Crippen LogP contribution in [0, 0.1) is 13.8 Å². The standard InChI is InChI=1S/C18H20O5S2/c1-14-4-8-17(9-5-14)24(19,20)13-16(3)12-23-25(21,22)18-10-6-15(2)7-11-18/h4-11H,3,12-13H2,1-2H3. The molecule has 0 fully saturated rings. The second kappa shape index (κ2) is 7.51. The number of hydrogen-bond donors (Lipinski definition) is 0. The van der Waals surface area contributed by atoms with Crippen molar-refractivity contribution in [2.24, 2.45) is 0 Å². The lowest BCUT2D eigenvalue weighted by Gasteiger charge is -2.09. The number of aryl methyl sites for hydroxylation is 2. The molecule has 2 aromatic rings. The Balaban J connectivity index is 2.02. The highest BCUT2D eigenvalue weighted by Gasteiger charge is 2.19. The molecule has 0 saturated heterocycles. The Kier molecular flexibility index (Phi) is 5.82. The molecule has 2 rings (SSSR count). The fourth-order valence-electron chi connectivity index (χ4n) is 2.07. The van der Waals surface area contributed by atoms with E-state index >= 15 is 0 Å². The molecule has 0 aromatic heterocycles. The molecular weight excluding hydrogens is 360 g/mol. The number of hydrogen-bond acceptors (Lipinski definition) is 5. The van der Waals surface area contributed by atoms with Gasteiger partial charge in [-0.25, -0.2) is 8.42 Å². The van der Waals surface area contributed by atoms with Gasteiger partial charge in [0.2, 0.25) is 0 Å². The minimum Gasteiger partial charge on any atom is -0.262 e. The van der Waals surface area contributed by atoms with Gasteiger partial charge in [0.1, 0.15) is 0 Å². The Labute approximate surface area is 149 Å². The van der Waals surface area contributed by atoms with Gasteiger partial charge in [-0.3, -0.25) is 4.18 Å². The summed E-state index contributed by atoms with van der Waals surface area (Å²) in [6.45, 7) is 6.94. The Morgan fingerprint density at radius 2 is 1.28 bits per heavy atom. The minimum atomic E-state index is -3.95. The molecule has 0 bridgehead atoms. The molecule has 0 heterocycles. The molecule has 25 heavy (non-hydrogen) atoms. The lowest BCUT2D eigenvalue weighted by Crippen LogP contribution is -2.15. The van der Waals surface area contributed by atoms with Gasteiger partial charge in [-0.1, -0.05) is 42.0 Å². The maximum Gasteiger partial charge on any atom is 0.297 e. The van der Waals surface area contributed by atoms with Gasteiger partial charge in [0.05, 0.1) is 22.2 Å². The molecule has 0 saturated carbocycles. The van der Waals surface area contributed by atoms with Crippen LogP contribution in [0.2, 0.25) is 0 Å². The predicted octanol–water partition coefficient (Wildman–Crippen LogP) is 3.04. The van der Waals surface area contributed by atoms with Crippen LogP contribution in [-0.2, 0) is 24.1 Å². The van der Waals surface area contributed by atoms with E-state index in [-0.39, 0.29) is 27.7 Å². The van der Waals surface area contributed by atoms with E-state index in [0.29, 0.717) is 0 Å². The van der Waals surface area contributed by atoms with Crippen molar-refractivity contribution in [2.75, 3.05) is 12.4 Å². The van der Waals surface area contributed by atoms with E-state index in [2.05, 4.69) is 6.58 Å². The summed E-state index contributed by atoms with van der Waals surface area (Å²) in [7, 11) is -7.54. The van der Waals surface area contributed by atoms with E-state index in [9.17, 15) is 16.8 Å². The van der Waals surface area contributed by atoms with Crippen molar-refractivity contribution >= 4 is 20.0 Å². The summed E-state index contributed by atoms with van der Waals surface area (Å²) in [6, 6.07) is 12.6. The van der Waals surface area contributed by atoms with Crippen LogP contribution in [0.4, 0.5) is 0 Å². The van der Waals surface area contributed by atoms with Crippen LogP contribution in [-0.4, -0.2) is 29.2 Å². The van der Waals surface area contributed by atoms with Gasteiger partial charge in [0.15, 0.2) is 9.84 Å². The molecular formula is C18H20O5S2. The van der Waals surface area contributed by atoms with Crippen molar-refractivity contribution in [3.63, 3.8) is 0 Å². The first-order valence-corrected chi connectivity index (χ1v) is 10.6. The first-order chi connectivity index (χ1) is 11.6. The third-order valence-electron chi connectivity index (χ3n) is 3.50. The average Bonchev–Trinajstić information content (AvgIpc) is 2.53. The first kappa shape index (κ1) is 19.4. The fourth-order valence-corrected chi connectivity index (χ4v) is 4.34. The third kappa shape index (κ3) is 5.26. The molecule has 0 spiro atoms. The maximum absolute atomic E-state index is 12.3. The predicted molar refractivity (Wildman–Crippen MR) is 96.7 cm³/mol. The van der Waals surface area contributed by atoms with Crippen molar-refractivity contribution in [3.05, 3.63) is 71.8 Å². The Hall–Kier alpha value is -1.96. The van der Waals surface area contributed by atoms with Crippen molar-refractivity contribution in [3.8, 4) is 0 Å². The van der Waals surface area contributed by atoms with Crippen molar-refractivity contribution in [2.45, 2.75) is 23.6 Å². The van der Waals surface area contributed by atoms with Gasteiger partial charge in [-0.05, 0) is 43.7 Å². The highest BCUT2D eigenvalue weighted by Crippen LogP contribution is 2.17. The Bertz CT molecular complexity index is 955. The third-order valence-corrected chi connectivity index (χ3v) is 6.56. The molecule has 134 valence electrons. The summed E-state index contributed by atoms with van der Waals surface area (Å²) >= 11 is 0. The zero-order valence-electron chi connectivity index (χ0n) is 14.1. The van der Waals surface area contributed by atoms with Gasteiger partial charge in [0.25, 0.3) is 10.1 Å². The van der Waals surface area contributed by atoms with E-state index in [0.717, 1.165) is 11.1 Å². The second-order valence-electron chi connectivity index (χ2n) is 5.85. The van der Waals surface area contributed by atoms with Crippen LogP contribution in [0.5, 0.6) is 0 Å². The van der Waals surface area contributed by atoms with Crippen molar-refractivity contribution in [1.82, 2.24) is 0 Å². The molecule has 0 unspecified atom stereocenters. The van der Waals surface area contributed by atoms with E-state index in [4.69, 9.17) is 4.18 Å². The summed E-state index contributed by atoms with van der Waals surface area (Å²) in [5, 5.41) is 0. The van der Waals surface area contributed by atoms with Gasteiger partial charge >= 0.3 is 0 Å². The molecule has 0 atom stereocenters. The van der Waals surface area contributed by atoms with Gasteiger partial charge in [0, 0.05) is 0 Å². The van der Waals surface area contributed by atoms with E-state index in [1.807, 2.05) is 13.8 Å². The second-order valence-corrected chi connectivity index (χ2v) is 9.46. The van der Waals surface area contributed by atoms with Crippen LogP contribution < -0.4 is 0 Å². The maximum atomic E-state index is 12.3. The summed E-state index contributed by atoms with van der Waals surface area (Å²) in [5.74, 6) is -0.376. The summed E-state index contributed by atoms with van der Waals surface area (Å²) < 4.78 is 53.8. The SMILES string of the molecule is C=C(COS(=O)(=O)c1ccc(C)cc1)CS(=O)(=O)c1ccc(C)cc1. The molecule has 5 nitrogen and oxygen atoms in total. The van der Waals surface area contributed by atoms with E-state index < -0.39 is 20.0 Å². The lowest BCUT2D eigenvalue weighted by atomic mass is 10.2. The summed E-state index contributed by atoms with van der Waals surface area (Å²) in [5.41, 5.74) is 2.04. The fraction of sp³-hybridized carbons (Fsp3) is 0.222. The molecule has 0 aliphatic rings. The Morgan fingerprint density at radius 1 is 0.840 bits per heavy atom. The van der Waals surface area contributed by atoms with Crippen molar-refractivity contribution < 1.29 is 21.0 Å². The summed E-state index contributed by atoms with van der Waals surface area (Å²) in [4.78, 5) is 0.188. The topological polar surface area (TPSA) is 77.5 Å². The van der Waals surface area contributed by atoms with Crippen LogP contribution in [0.1, 0.15) is 11.1 Å². The van der Waals surface area contributed by atoms with E-state index in [1.165, 1.54) is 24.3 Å². The van der Waals surface area contributed by atoms with Crippen molar-refractivity contribution in [1.29, 1.82) is 0 Å². The van der Waals surface area contributed by atoms with Crippen LogP contribution >= 0.6 is 0 Å². The molecule has 0 radical (unpaired) electrons. The average molecular weight is 380 g/mol. The molecule has 0 N–H and O–H groups in total. The molecule has 2 aromatic carbocycles. The van der Waals surface area contributed by atoms with Gasteiger partial charge in [-0.15, -0.1) is 0 Å². The van der Waals surface area contributed by atoms with Crippen LogP contribution in [0.25, 0.3) is 0 Å². The smallest absolute Gasteiger partial charge is 0.262 e.